The molecule has 3 nitrogen and oxygen atoms in total. The average molecular weight is 391 g/mol. The van der Waals surface area contributed by atoms with Gasteiger partial charge in [0.15, 0.2) is 0 Å². The van der Waals surface area contributed by atoms with Gasteiger partial charge in [-0.1, -0.05) is 49.4 Å². The maximum absolute atomic E-state index is 12.9. The quantitative estimate of drug-likeness (QED) is 0.691. The molecule has 0 fully saturated rings. The number of hydrogen-bond donors (Lipinski definition) is 0. The van der Waals surface area contributed by atoms with Gasteiger partial charge in [-0.25, -0.2) is 0 Å². The van der Waals surface area contributed by atoms with Crippen molar-refractivity contribution in [2.75, 3.05) is 5.75 Å². The second-order valence-corrected chi connectivity index (χ2v) is 7.17. The zero-order valence-corrected chi connectivity index (χ0v) is 15.2. The second kappa shape index (κ2) is 7.60. The topological polar surface area (TPSA) is 37.4 Å². The lowest BCUT2D eigenvalue weighted by Gasteiger charge is -2.16. The van der Waals surface area contributed by atoms with Gasteiger partial charge in [-0.2, -0.15) is 13.2 Å². The predicted octanol–water partition coefficient (Wildman–Crippen LogP) is 4.74. The van der Waals surface area contributed by atoms with Gasteiger partial charge in [-0.15, -0.1) is 11.8 Å². The van der Waals surface area contributed by atoms with E-state index in [1.54, 1.807) is 30.3 Å². The molecule has 0 aromatic heterocycles. The van der Waals surface area contributed by atoms with E-state index in [9.17, 15) is 22.8 Å². The van der Waals surface area contributed by atoms with Crippen LogP contribution in [-0.2, 0) is 22.3 Å². The largest absolute Gasteiger partial charge is 0.416 e. The molecule has 1 aliphatic heterocycles. The Labute approximate surface area is 158 Å². The lowest BCUT2D eigenvalue weighted by atomic mass is 10.1. The van der Waals surface area contributed by atoms with Gasteiger partial charge in [0.05, 0.1) is 22.6 Å². The molecule has 0 saturated carbocycles. The molecule has 0 unspecified atom stereocenters. The summed E-state index contributed by atoms with van der Waals surface area (Å²) in [6.45, 7) is 1.67. The van der Waals surface area contributed by atoms with E-state index in [4.69, 9.17) is 0 Å². The summed E-state index contributed by atoms with van der Waals surface area (Å²) in [7, 11) is 0. The van der Waals surface area contributed by atoms with Crippen LogP contribution in [0, 0.1) is 0 Å². The minimum Gasteiger partial charge on any atom is -0.269 e. The number of rotatable bonds is 5. The zero-order valence-electron chi connectivity index (χ0n) is 14.4. The molecule has 0 saturated heterocycles. The minimum atomic E-state index is -4.48. The maximum atomic E-state index is 12.9. The molecular weight excluding hydrogens is 375 g/mol. The second-order valence-electron chi connectivity index (χ2n) is 5.90. The van der Waals surface area contributed by atoms with Crippen molar-refractivity contribution in [3.8, 4) is 0 Å². The van der Waals surface area contributed by atoms with E-state index < -0.39 is 23.6 Å². The Morgan fingerprint density at radius 1 is 0.963 bits per heavy atom. The number of carbonyl (C=O) groups is 2. The van der Waals surface area contributed by atoms with Gasteiger partial charge in [-0.3, -0.25) is 14.5 Å². The molecule has 3 rings (SSSR count). The van der Waals surface area contributed by atoms with Crippen LogP contribution in [0.3, 0.4) is 0 Å². The van der Waals surface area contributed by atoms with Crippen LogP contribution in [0.1, 0.15) is 23.6 Å². The summed E-state index contributed by atoms with van der Waals surface area (Å²) in [5.41, 5.74) is 0.373. The van der Waals surface area contributed by atoms with Crippen molar-refractivity contribution in [1.29, 1.82) is 0 Å². The number of halogens is 3. The molecule has 2 aromatic carbocycles. The molecule has 2 amide bonds. The van der Waals surface area contributed by atoms with Crippen molar-refractivity contribution in [3.05, 3.63) is 76.2 Å². The van der Waals surface area contributed by atoms with E-state index in [1.165, 1.54) is 23.9 Å². The van der Waals surface area contributed by atoms with Gasteiger partial charge in [0.25, 0.3) is 11.8 Å². The van der Waals surface area contributed by atoms with E-state index >= 15 is 0 Å². The lowest BCUT2D eigenvalue weighted by Crippen LogP contribution is -2.31. The van der Waals surface area contributed by atoms with Crippen LogP contribution in [-0.4, -0.2) is 22.5 Å². The number of thioether (sulfide) groups is 1. The molecule has 1 aliphatic rings. The van der Waals surface area contributed by atoms with E-state index in [0.717, 1.165) is 17.0 Å². The number of benzene rings is 2. The molecule has 0 bridgehead atoms. The number of nitrogens with zero attached hydrogens (tertiary/aromatic N) is 1. The first-order valence-corrected chi connectivity index (χ1v) is 9.26. The Bertz CT molecular complexity index is 907. The first-order chi connectivity index (χ1) is 12.8. The highest BCUT2D eigenvalue weighted by atomic mass is 32.2. The highest BCUT2D eigenvalue weighted by Crippen LogP contribution is 2.37. The minimum absolute atomic E-state index is 0.203. The Morgan fingerprint density at radius 3 is 2.30 bits per heavy atom. The van der Waals surface area contributed by atoms with Crippen LogP contribution < -0.4 is 0 Å². The fourth-order valence-electron chi connectivity index (χ4n) is 2.86. The predicted molar refractivity (Wildman–Crippen MR) is 98.5 cm³/mol. The molecule has 0 aliphatic carbocycles. The molecule has 0 atom stereocenters. The zero-order chi connectivity index (χ0) is 19.6. The van der Waals surface area contributed by atoms with Crippen LogP contribution in [0.15, 0.2) is 59.5 Å². The number of carbonyl (C=O) groups excluding carboxylic acids is 2. The van der Waals surface area contributed by atoms with Gasteiger partial charge in [0, 0.05) is 0 Å². The number of hydrogen-bond acceptors (Lipinski definition) is 3. The van der Waals surface area contributed by atoms with Crippen LogP contribution in [0.25, 0.3) is 5.57 Å². The molecule has 7 heteroatoms. The highest BCUT2D eigenvalue weighted by Gasteiger charge is 2.39. The van der Waals surface area contributed by atoms with Gasteiger partial charge in [-0.05, 0) is 29.0 Å². The van der Waals surface area contributed by atoms with Gasteiger partial charge < -0.3 is 0 Å². The van der Waals surface area contributed by atoms with Crippen LogP contribution in [0.4, 0.5) is 13.2 Å². The Hall–Kier alpha value is -2.54. The van der Waals surface area contributed by atoms with Crippen LogP contribution in [0.2, 0.25) is 0 Å². The number of alkyl halides is 3. The third-order valence-corrected chi connectivity index (χ3v) is 5.03. The lowest BCUT2D eigenvalue weighted by molar-refractivity contribution is -0.137. The summed E-state index contributed by atoms with van der Waals surface area (Å²) in [4.78, 5) is 27.0. The van der Waals surface area contributed by atoms with Crippen LogP contribution in [0.5, 0.6) is 0 Å². The van der Waals surface area contributed by atoms with Crippen molar-refractivity contribution < 1.29 is 22.8 Å². The number of amides is 2. The highest BCUT2D eigenvalue weighted by molar-refractivity contribution is 8.04. The van der Waals surface area contributed by atoms with E-state index in [1.807, 2.05) is 6.92 Å². The molecule has 0 N–H and O–H groups in total. The third-order valence-electron chi connectivity index (χ3n) is 4.07. The summed E-state index contributed by atoms with van der Waals surface area (Å²) in [6, 6.07) is 13.5. The third kappa shape index (κ3) is 3.93. The van der Waals surface area contributed by atoms with Crippen molar-refractivity contribution in [2.45, 2.75) is 19.6 Å². The fraction of sp³-hybridized carbons (Fsp3) is 0.200. The molecule has 2 aromatic rings. The summed E-state index contributed by atoms with van der Waals surface area (Å²) < 4.78 is 38.8. The fourth-order valence-corrected chi connectivity index (χ4v) is 3.74. The number of imide groups is 1. The SMILES string of the molecule is CCSC1=C(c2ccccc2)C(=O)N(Cc2cccc(C(F)(F)F)c2)C1=O. The van der Waals surface area contributed by atoms with E-state index in [2.05, 4.69) is 0 Å². The first kappa shape index (κ1) is 19.2. The van der Waals surface area contributed by atoms with E-state index in [-0.39, 0.29) is 12.1 Å². The summed E-state index contributed by atoms with van der Waals surface area (Å²) in [5, 5.41) is 0. The van der Waals surface area contributed by atoms with Gasteiger partial charge in [0.2, 0.25) is 0 Å². The maximum Gasteiger partial charge on any atom is 0.416 e. The van der Waals surface area contributed by atoms with E-state index in [0.29, 0.717) is 21.8 Å². The molecule has 0 spiro atoms. The van der Waals surface area contributed by atoms with Gasteiger partial charge in [0.1, 0.15) is 0 Å². The monoisotopic (exact) mass is 391 g/mol. The Morgan fingerprint density at radius 2 is 1.67 bits per heavy atom. The molecule has 0 radical (unpaired) electrons. The van der Waals surface area contributed by atoms with Crippen molar-refractivity contribution >= 4 is 29.1 Å². The normalized spacial score (nSPS) is 15.0. The Kier molecular flexibility index (Phi) is 5.41. The standard InChI is InChI=1S/C20H16F3NO2S/c1-2-27-17-16(14-8-4-3-5-9-14)18(25)24(19(17)26)12-13-7-6-10-15(11-13)20(21,22)23/h3-11H,2,12H2,1H3. The van der Waals surface area contributed by atoms with Crippen molar-refractivity contribution in [1.82, 2.24) is 4.90 Å². The summed E-state index contributed by atoms with van der Waals surface area (Å²) >= 11 is 1.26. The van der Waals surface area contributed by atoms with Crippen molar-refractivity contribution in [2.24, 2.45) is 0 Å². The molecule has 1 heterocycles. The molecule has 27 heavy (non-hydrogen) atoms. The smallest absolute Gasteiger partial charge is 0.269 e. The Balaban J connectivity index is 1.93. The molecule has 140 valence electrons. The summed E-state index contributed by atoms with van der Waals surface area (Å²) in [6.07, 6.45) is -4.48. The van der Waals surface area contributed by atoms with Crippen LogP contribution >= 0.6 is 11.8 Å². The first-order valence-electron chi connectivity index (χ1n) is 8.27. The van der Waals surface area contributed by atoms with Gasteiger partial charge >= 0.3 is 6.18 Å². The summed E-state index contributed by atoms with van der Waals surface area (Å²) in [5.74, 6) is -0.357. The van der Waals surface area contributed by atoms with Crippen molar-refractivity contribution in [3.63, 3.8) is 0 Å². The molecular formula is C20H16F3NO2S. The average Bonchev–Trinajstić information content (AvgIpc) is 2.87.